The number of fused-ring (bicyclic) bond motifs is 1. The van der Waals surface area contributed by atoms with Gasteiger partial charge in [-0.3, -0.25) is 4.90 Å². The van der Waals surface area contributed by atoms with Crippen LogP contribution in [-0.2, 0) is 4.74 Å². The summed E-state index contributed by atoms with van der Waals surface area (Å²) in [7, 11) is 1.80. The Morgan fingerprint density at radius 1 is 1.33 bits per heavy atom. The number of thioether (sulfide) groups is 1. The Kier molecular flexibility index (Phi) is 5.58. The topological polar surface area (TPSA) is 24.5 Å². The summed E-state index contributed by atoms with van der Waals surface area (Å²) in [5.74, 6) is 1.89. The van der Waals surface area contributed by atoms with Crippen molar-refractivity contribution in [1.82, 2.24) is 10.2 Å². The molecule has 2 aliphatic heterocycles. The van der Waals surface area contributed by atoms with Gasteiger partial charge >= 0.3 is 0 Å². The number of methoxy groups -OCH3 is 1. The minimum atomic E-state index is 0.671. The highest BCUT2D eigenvalue weighted by Crippen LogP contribution is 2.39. The first-order chi connectivity index (χ1) is 10.4. The Balaban J connectivity index is 1.61. The Bertz CT molecular complexity index is 448. The first-order valence-electron chi connectivity index (χ1n) is 8.03. The van der Waals surface area contributed by atoms with Crippen molar-refractivity contribution < 1.29 is 4.74 Å². The van der Waals surface area contributed by atoms with Crippen LogP contribution in [0.2, 0.25) is 0 Å². The van der Waals surface area contributed by atoms with Crippen LogP contribution >= 0.6 is 11.8 Å². The maximum atomic E-state index is 5.30. The molecule has 3 nitrogen and oxygen atoms in total. The van der Waals surface area contributed by atoms with Crippen molar-refractivity contribution in [2.75, 3.05) is 45.6 Å². The van der Waals surface area contributed by atoms with Crippen molar-refractivity contribution in [2.24, 2.45) is 0 Å². The molecule has 116 valence electrons. The summed E-state index contributed by atoms with van der Waals surface area (Å²) in [4.78, 5) is 4.08. The number of rotatable bonds is 7. The molecule has 0 aliphatic carbocycles. The molecule has 3 rings (SSSR count). The highest BCUT2D eigenvalue weighted by atomic mass is 32.2. The summed E-state index contributed by atoms with van der Waals surface area (Å²) in [6.07, 6.45) is 2.64. The number of nitrogens with zero attached hydrogens (tertiary/aromatic N) is 1. The molecule has 0 aromatic heterocycles. The molecule has 0 amide bonds. The summed E-state index contributed by atoms with van der Waals surface area (Å²) in [5, 5.41) is 3.62. The molecule has 1 fully saturated rings. The third-order valence-electron chi connectivity index (χ3n) is 4.53. The molecule has 0 bridgehead atoms. The highest BCUT2D eigenvalue weighted by molar-refractivity contribution is 7.99. The van der Waals surface area contributed by atoms with E-state index >= 15 is 0 Å². The van der Waals surface area contributed by atoms with E-state index in [1.54, 1.807) is 12.7 Å². The van der Waals surface area contributed by atoms with Crippen LogP contribution < -0.4 is 5.32 Å². The largest absolute Gasteiger partial charge is 0.383 e. The Labute approximate surface area is 132 Å². The smallest absolute Gasteiger partial charge is 0.0589 e. The minimum absolute atomic E-state index is 0.671. The van der Waals surface area contributed by atoms with Gasteiger partial charge in [0.2, 0.25) is 0 Å². The fourth-order valence-electron chi connectivity index (χ4n) is 3.39. The van der Waals surface area contributed by atoms with Gasteiger partial charge in [0.25, 0.3) is 0 Å². The number of nitrogens with one attached hydrogen (secondary N) is 1. The van der Waals surface area contributed by atoms with Crippen molar-refractivity contribution in [3.8, 4) is 0 Å². The standard InChI is InChI=1S/C17H26N2OS/c1-20-10-9-19(12-15-5-4-8-18-15)11-14-13-21-17-7-3-2-6-16(14)17/h2-3,6-7,14-15,18H,4-5,8-13H2,1H3. The first kappa shape index (κ1) is 15.3. The molecule has 2 heterocycles. The highest BCUT2D eigenvalue weighted by Gasteiger charge is 2.26. The first-order valence-corrected chi connectivity index (χ1v) is 9.02. The summed E-state index contributed by atoms with van der Waals surface area (Å²) in [6, 6.07) is 9.57. The van der Waals surface area contributed by atoms with Crippen molar-refractivity contribution in [2.45, 2.75) is 29.7 Å². The Hall–Kier alpha value is -0.550. The van der Waals surface area contributed by atoms with Crippen molar-refractivity contribution in [1.29, 1.82) is 0 Å². The van der Waals surface area contributed by atoms with Crippen LogP contribution in [0.25, 0.3) is 0 Å². The molecule has 1 aromatic carbocycles. The molecule has 0 spiro atoms. The van der Waals surface area contributed by atoms with E-state index in [-0.39, 0.29) is 0 Å². The van der Waals surface area contributed by atoms with Crippen LogP contribution in [0, 0.1) is 0 Å². The van der Waals surface area contributed by atoms with Crippen molar-refractivity contribution in [3.63, 3.8) is 0 Å². The van der Waals surface area contributed by atoms with Gasteiger partial charge in [-0.1, -0.05) is 18.2 Å². The number of ether oxygens (including phenoxy) is 1. The molecule has 1 saturated heterocycles. The SMILES string of the molecule is COCCN(CC1CCCN1)CC1CSc2ccccc21. The van der Waals surface area contributed by atoms with Gasteiger partial charge in [-0.05, 0) is 31.0 Å². The summed E-state index contributed by atoms with van der Waals surface area (Å²) in [5.41, 5.74) is 1.55. The van der Waals surface area contributed by atoms with Gasteiger partial charge in [0.15, 0.2) is 0 Å². The number of hydrogen-bond acceptors (Lipinski definition) is 4. The molecule has 2 aliphatic rings. The molecule has 2 atom stereocenters. The summed E-state index contributed by atoms with van der Waals surface area (Å²) in [6.45, 7) is 5.37. The van der Waals surface area contributed by atoms with E-state index in [2.05, 4.69) is 34.5 Å². The van der Waals surface area contributed by atoms with Crippen LogP contribution in [0.3, 0.4) is 0 Å². The normalized spacial score (nSPS) is 24.7. The second-order valence-electron chi connectivity index (χ2n) is 6.09. The quantitative estimate of drug-likeness (QED) is 0.837. The van der Waals surface area contributed by atoms with E-state index in [9.17, 15) is 0 Å². The van der Waals surface area contributed by atoms with Gasteiger partial charge in [-0.15, -0.1) is 11.8 Å². The second-order valence-corrected chi connectivity index (χ2v) is 7.15. The third kappa shape index (κ3) is 4.01. The van der Waals surface area contributed by atoms with Crippen LogP contribution in [0.15, 0.2) is 29.2 Å². The molecule has 1 N–H and O–H groups in total. The number of benzene rings is 1. The average Bonchev–Trinajstić information content (AvgIpc) is 3.15. The summed E-state index contributed by atoms with van der Waals surface area (Å²) < 4.78 is 5.30. The van der Waals surface area contributed by atoms with Gasteiger partial charge in [0.1, 0.15) is 0 Å². The van der Waals surface area contributed by atoms with E-state index in [0.29, 0.717) is 12.0 Å². The lowest BCUT2D eigenvalue weighted by Crippen LogP contribution is -2.41. The second kappa shape index (κ2) is 7.63. The maximum absolute atomic E-state index is 5.30. The van der Waals surface area contributed by atoms with E-state index in [1.165, 1.54) is 30.0 Å². The molecule has 1 aromatic rings. The van der Waals surface area contributed by atoms with Gasteiger partial charge in [0, 0.05) is 49.4 Å². The van der Waals surface area contributed by atoms with E-state index < -0.39 is 0 Å². The average molecular weight is 306 g/mol. The lowest BCUT2D eigenvalue weighted by molar-refractivity contribution is 0.139. The Morgan fingerprint density at radius 2 is 2.24 bits per heavy atom. The zero-order chi connectivity index (χ0) is 14.5. The zero-order valence-corrected chi connectivity index (χ0v) is 13.7. The van der Waals surface area contributed by atoms with Gasteiger partial charge in [-0.25, -0.2) is 0 Å². The van der Waals surface area contributed by atoms with Crippen LogP contribution in [0.5, 0.6) is 0 Å². The predicted molar refractivity (Wildman–Crippen MR) is 89.2 cm³/mol. The van der Waals surface area contributed by atoms with Gasteiger partial charge in [-0.2, -0.15) is 0 Å². The lowest BCUT2D eigenvalue weighted by atomic mass is 10.0. The van der Waals surface area contributed by atoms with E-state index in [0.717, 1.165) is 26.2 Å². The van der Waals surface area contributed by atoms with Crippen LogP contribution in [0.1, 0.15) is 24.3 Å². The summed E-state index contributed by atoms with van der Waals surface area (Å²) >= 11 is 2.01. The molecule has 0 radical (unpaired) electrons. The number of hydrogen-bond donors (Lipinski definition) is 1. The minimum Gasteiger partial charge on any atom is -0.383 e. The monoisotopic (exact) mass is 306 g/mol. The third-order valence-corrected chi connectivity index (χ3v) is 5.78. The fourth-order valence-corrected chi connectivity index (χ4v) is 4.64. The maximum Gasteiger partial charge on any atom is 0.0589 e. The molecular weight excluding hydrogens is 280 g/mol. The van der Waals surface area contributed by atoms with E-state index in [1.807, 2.05) is 11.8 Å². The molecule has 0 saturated carbocycles. The van der Waals surface area contributed by atoms with E-state index in [4.69, 9.17) is 4.74 Å². The molecule has 2 unspecified atom stereocenters. The van der Waals surface area contributed by atoms with Crippen LogP contribution in [0.4, 0.5) is 0 Å². The molecule has 21 heavy (non-hydrogen) atoms. The zero-order valence-electron chi connectivity index (χ0n) is 12.9. The molecular formula is C17H26N2OS. The van der Waals surface area contributed by atoms with Gasteiger partial charge < -0.3 is 10.1 Å². The van der Waals surface area contributed by atoms with Crippen LogP contribution in [-0.4, -0.2) is 56.6 Å². The lowest BCUT2D eigenvalue weighted by Gasteiger charge is -2.28. The fraction of sp³-hybridized carbons (Fsp3) is 0.647. The van der Waals surface area contributed by atoms with Crippen molar-refractivity contribution in [3.05, 3.63) is 29.8 Å². The van der Waals surface area contributed by atoms with Gasteiger partial charge in [0.05, 0.1) is 6.61 Å². The van der Waals surface area contributed by atoms with Crippen molar-refractivity contribution >= 4 is 11.8 Å². The predicted octanol–water partition coefficient (Wildman–Crippen LogP) is 2.58. The molecule has 4 heteroatoms. The Morgan fingerprint density at radius 3 is 3.05 bits per heavy atom.